The molecule has 0 unspecified atom stereocenters. The van der Waals surface area contributed by atoms with Crippen molar-refractivity contribution in [2.75, 3.05) is 0 Å². The molecule has 0 aliphatic heterocycles. The molecule has 0 amide bonds. The average molecular weight is 159 g/mol. The predicted molar refractivity (Wildman–Crippen MR) is 40.1 cm³/mol. The van der Waals surface area contributed by atoms with E-state index in [2.05, 4.69) is 0 Å². The Morgan fingerprint density at radius 2 is 1.91 bits per heavy atom. The summed E-state index contributed by atoms with van der Waals surface area (Å²) in [5.74, 6) is -1.38. The molecule has 1 atom stereocenters. The number of carbonyl (C=O) groups excluding carboxylic acids is 1. The number of Topliss-reactive ketones (excluding diaryl/α,β-unsaturated/α-hetero) is 1. The lowest BCUT2D eigenvalue weighted by molar-refractivity contribution is -0.140. The van der Waals surface area contributed by atoms with Crippen LogP contribution in [-0.4, -0.2) is 22.9 Å². The van der Waals surface area contributed by atoms with Crippen molar-refractivity contribution < 1.29 is 14.7 Å². The monoisotopic (exact) mass is 159 g/mol. The van der Waals surface area contributed by atoms with Gasteiger partial charge in [0.1, 0.15) is 11.8 Å². The second-order valence-corrected chi connectivity index (χ2v) is 2.77. The molecule has 3 N–H and O–H groups in total. The third-order valence-corrected chi connectivity index (χ3v) is 1.38. The summed E-state index contributed by atoms with van der Waals surface area (Å²) in [5.41, 5.74) is 5.13. The molecule has 0 aromatic carbocycles. The van der Waals surface area contributed by atoms with Gasteiger partial charge in [0.15, 0.2) is 0 Å². The highest BCUT2D eigenvalue weighted by Crippen LogP contribution is 2.00. The van der Waals surface area contributed by atoms with Gasteiger partial charge in [-0.3, -0.25) is 9.59 Å². The van der Waals surface area contributed by atoms with Crippen LogP contribution in [0.3, 0.4) is 0 Å². The van der Waals surface area contributed by atoms with Crippen molar-refractivity contribution in [3.05, 3.63) is 0 Å². The Balaban J connectivity index is 3.85. The van der Waals surface area contributed by atoms with Crippen molar-refractivity contribution in [2.45, 2.75) is 26.3 Å². The zero-order valence-corrected chi connectivity index (χ0v) is 6.70. The van der Waals surface area contributed by atoms with Crippen molar-refractivity contribution in [2.24, 2.45) is 11.7 Å². The molecule has 0 saturated heterocycles. The lowest BCUT2D eigenvalue weighted by atomic mass is 10.0. The highest BCUT2D eigenvalue weighted by Gasteiger charge is 2.17. The van der Waals surface area contributed by atoms with E-state index in [4.69, 9.17) is 10.8 Å². The maximum atomic E-state index is 10.9. The Morgan fingerprint density at radius 3 is 2.18 bits per heavy atom. The van der Waals surface area contributed by atoms with E-state index in [0.29, 0.717) is 0 Å². The normalized spacial score (nSPS) is 13.1. The fraction of sp³-hybridized carbons (Fsp3) is 0.714. The van der Waals surface area contributed by atoms with Gasteiger partial charge in [0.05, 0.1) is 0 Å². The zero-order valence-electron chi connectivity index (χ0n) is 6.70. The van der Waals surface area contributed by atoms with Crippen LogP contribution in [0.15, 0.2) is 0 Å². The molecule has 0 spiro atoms. The van der Waals surface area contributed by atoms with Gasteiger partial charge in [-0.1, -0.05) is 13.8 Å². The maximum absolute atomic E-state index is 10.9. The SMILES string of the molecule is CC(C)C(=O)C[C@@H](N)C(=O)O. The molecule has 0 fully saturated rings. The van der Waals surface area contributed by atoms with Gasteiger partial charge in [-0.2, -0.15) is 0 Å². The van der Waals surface area contributed by atoms with Crippen LogP contribution in [0.25, 0.3) is 0 Å². The number of hydrogen-bond acceptors (Lipinski definition) is 3. The van der Waals surface area contributed by atoms with Crippen molar-refractivity contribution >= 4 is 11.8 Å². The van der Waals surface area contributed by atoms with Crippen LogP contribution in [-0.2, 0) is 9.59 Å². The van der Waals surface area contributed by atoms with Gasteiger partial charge in [0.25, 0.3) is 0 Å². The largest absolute Gasteiger partial charge is 0.480 e. The summed E-state index contributed by atoms with van der Waals surface area (Å²) in [4.78, 5) is 21.1. The third-order valence-electron chi connectivity index (χ3n) is 1.38. The highest BCUT2D eigenvalue weighted by molar-refractivity contribution is 5.86. The Morgan fingerprint density at radius 1 is 1.45 bits per heavy atom. The first kappa shape index (κ1) is 10.1. The van der Waals surface area contributed by atoms with Gasteiger partial charge in [0.2, 0.25) is 0 Å². The first-order valence-electron chi connectivity index (χ1n) is 3.46. The molecule has 0 aromatic heterocycles. The minimum Gasteiger partial charge on any atom is -0.480 e. The number of carboxylic acids is 1. The molecular formula is C7H13NO3. The molecule has 0 aromatic rings. The van der Waals surface area contributed by atoms with Gasteiger partial charge in [0, 0.05) is 12.3 Å². The van der Waals surface area contributed by atoms with E-state index in [9.17, 15) is 9.59 Å². The van der Waals surface area contributed by atoms with E-state index in [1.54, 1.807) is 13.8 Å². The topological polar surface area (TPSA) is 80.4 Å². The quantitative estimate of drug-likeness (QED) is 0.605. The van der Waals surface area contributed by atoms with Gasteiger partial charge >= 0.3 is 5.97 Å². The second kappa shape index (κ2) is 4.08. The molecule has 0 heterocycles. The van der Waals surface area contributed by atoms with Crippen LogP contribution in [0.1, 0.15) is 20.3 Å². The van der Waals surface area contributed by atoms with Crippen molar-refractivity contribution in [3.63, 3.8) is 0 Å². The lowest BCUT2D eigenvalue weighted by Gasteiger charge is -2.06. The molecule has 0 bridgehead atoms. The standard InChI is InChI=1S/C7H13NO3/c1-4(2)6(9)3-5(8)7(10)11/h4-5H,3,8H2,1-2H3,(H,10,11)/t5-/m1/s1. The molecule has 0 radical (unpaired) electrons. The Labute approximate surface area is 65.4 Å². The number of aliphatic carboxylic acids is 1. The molecule has 0 aliphatic carbocycles. The number of nitrogens with two attached hydrogens (primary N) is 1. The van der Waals surface area contributed by atoms with Crippen molar-refractivity contribution in [1.82, 2.24) is 0 Å². The number of rotatable bonds is 4. The Bertz CT molecular complexity index is 165. The summed E-state index contributed by atoms with van der Waals surface area (Å²) in [7, 11) is 0. The number of hydrogen-bond donors (Lipinski definition) is 2. The maximum Gasteiger partial charge on any atom is 0.320 e. The summed E-state index contributed by atoms with van der Waals surface area (Å²) in [5, 5.41) is 8.34. The van der Waals surface area contributed by atoms with Crippen molar-refractivity contribution in [3.8, 4) is 0 Å². The van der Waals surface area contributed by atoms with E-state index in [1.807, 2.05) is 0 Å². The fourth-order valence-corrected chi connectivity index (χ4v) is 0.540. The molecule has 0 rings (SSSR count). The van der Waals surface area contributed by atoms with Crippen LogP contribution < -0.4 is 5.73 Å². The minimum atomic E-state index is -1.13. The molecule has 4 heteroatoms. The van der Waals surface area contributed by atoms with Crippen LogP contribution in [0, 0.1) is 5.92 Å². The van der Waals surface area contributed by atoms with Gasteiger partial charge in [-0.25, -0.2) is 0 Å². The van der Waals surface area contributed by atoms with Gasteiger partial charge in [-0.05, 0) is 0 Å². The first-order chi connectivity index (χ1) is 4.95. The first-order valence-corrected chi connectivity index (χ1v) is 3.46. The van der Waals surface area contributed by atoms with E-state index in [-0.39, 0.29) is 18.1 Å². The Kier molecular flexibility index (Phi) is 3.74. The van der Waals surface area contributed by atoms with Crippen LogP contribution >= 0.6 is 0 Å². The molecule has 0 aliphatic rings. The lowest BCUT2D eigenvalue weighted by Crippen LogP contribution is -2.33. The summed E-state index contributed by atoms with van der Waals surface area (Å²) >= 11 is 0. The number of ketones is 1. The fourth-order valence-electron chi connectivity index (χ4n) is 0.540. The van der Waals surface area contributed by atoms with E-state index < -0.39 is 12.0 Å². The van der Waals surface area contributed by atoms with Crippen LogP contribution in [0.2, 0.25) is 0 Å². The molecular weight excluding hydrogens is 146 g/mol. The molecule has 11 heavy (non-hydrogen) atoms. The second-order valence-electron chi connectivity index (χ2n) is 2.77. The average Bonchev–Trinajstić information content (AvgIpc) is 1.87. The Hall–Kier alpha value is -0.900. The molecule has 4 nitrogen and oxygen atoms in total. The van der Waals surface area contributed by atoms with E-state index in [0.717, 1.165) is 0 Å². The van der Waals surface area contributed by atoms with Crippen LogP contribution in [0.5, 0.6) is 0 Å². The smallest absolute Gasteiger partial charge is 0.320 e. The van der Waals surface area contributed by atoms with Crippen molar-refractivity contribution in [1.29, 1.82) is 0 Å². The van der Waals surface area contributed by atoms with Crippen LogP contribution in [0.4, 0.5) is 0 Å². The number of carboxylic acid groups (broad SMARTS) is 1. The van der Waals surface area contributed by atoms with E-state index in [1.165, 1.54) is 0 Å². The van der Waals surface area contributed by atoms with Gasteiger partial charge < -0.3 is 10.8 Å². The highest BCUT2D eigenvalue weighted by atomic mass is 16.4. The summed E-state index contributed by atoms with van der Waals surface area (Å²) in [6.45, 7) is 3.44. The summed E-state index contributed by atoms with van der Waals surface area (Å²) in [6.07, 6.45) is -0.0764. The molecule has 64 valence electrons. The summed E-state index contributed by atoms with van der Waals surface area (Å²) < 4.78 is 0. The number of carbonyl (C=O) groups is 2. The molecule has 0 saturated carbocycles. The van der Waals surface area contributed by atoms with Gasteiger partial charge in [-0.15, -0.1) is 0 Å². The zero-order chi connectivity index (χ0) is 9.02. The summed E-state index contributed by atoms with van der Waals surface area (Å²) in [6, 6.07) is -1.05. The third kappa shape index (κ3) is 3.72. The van der Waals surface area contributed by atoms with E-state index >= 15 is 0 Å². The minimum absolute atomic E-state index is 0.0764. The predicted octanol–water partition coefficient (Wildman–Crippen LogP) is 0.0135.